The fourth-order valence-corrected chi connectivity index (χ4v) is 4.22. The van der Waals surface area contributed by atoms with Gasteiger partial charge < -0.3 is 9.97 Å². The van der Waals surface area contributed by atoms with Crippen LogP contribution in [0.1, 0.15) is 60.6 Å². The van der Waals surface area contributed by atoms with Crippen molar-refractivity contribution in [3.05, 3.63) is 34.4 Å². The van der Waals surface area contributed by atoms with Crippen LogP contribution in [0.25, 0.3) is 0 Å². The van der Waals surface area contributed by atoms with Crippen molar-refractivity contribution < 1.29 is 13.2 Å². The molecule has 9 heteroatoms. The Morgan fingerprint density at radius 3 is 2.34 bits per heavy atom. The maximum atomic E-state index is 12.6. The van der Waals surface area contributed by atoms with E-state index in [1.54, 1.807) is 0 Å². The lowest BCUT2D eigenvalue weighted by atomic mass is 10.1. The number of alkyl halides is 3. The number of fused-ring (bicyclic) bond motifs is 2. The maximum Gasteiger partial charge on any atom is 0.401 e. The molecule has 0 spiro atoms. The number of aryl methyl sites for hydroxylation is 1. The SMILES string of the molecule is CC(C)c1nc2c([nH]1)CN(CCCc1nc3c([nH]1)CN(CC(F)(F)F)CC3)CC2. The second kappa shape index (κ2) is 8.10. The van der Waals surface area contributed by atoms with Gasteiger partial charge in [0.15, 0.2) is 0 Å². The molecule has 29 heavy (non-hydrogen) atoms. The number of nitrogens with zero attached hydrogens (tertiary/aromatic N) is 4. The van der Waals surface area contributed by atoms with Crippen molar-refractivity contribution in [2.75, 3.05) is 26.2 Å². The summed E-state index contributed by atoms with van der Waals surface area (Å²) in [6, 6.07) is 0. The van der Waals surface area contributed by atoms with Gasteiger partial charge in [-0.15, -0.1) is 0 Å². The molecule has 0 saturated heterocycles. The summed E-state index contributed by atoms with van der Waals surface area (Å²) in [6.07, 6.45) is -0.814. The van der Waals surface area contributed by atoms with Crippen molar-refractivity contribution in [1.82, 2.24) is 29.7 Å². The van der Waals surface area contributed by atoms with E-state index in [2.05, 4.69) is 33.7 Å². The number of aromatic amines is 2. The van der Waals surface area contributed by atoms with Crippen LogP contribution in [0, 0.1) is 0 Å². The molecule has 2 aliphatic heterocycles. The monoisotopic (exact) mass is 410 g/mol. The largest absolute Gasteiger partial charge is 0.401 e. The molecule has 4 rings (SSSR count). The molecule has 0 unspecified atom stereocenters. The van der Waals surface area contributed by atoms with Gasteiger partial charge in [0.1, 0.15) is 11.6 Å². The van der Waals surface area contributed by atoms with Gasteiger partial charge in [0.2, 0.25) is 0 Å². The standard InChI is InChI=1S/C20H29F3N6/c1-13(2)19-26-15-5-8-28(10-17(15)27-19)7-3-4-18-24-14-6-9-29(11-16(14)25-18)12-20(21,22)23/h13H,3-12H2,1-2H3,(H,24,25)(H,26,27). The van der Waals surface area contributed by atoms with Gasteiger partial charge in [-0.3, -0.25) is 9.80 Å². The van der Waals surface area contributed by atoms with Crippen molar-refractivity contribution in [2.24, 2.45) is 0 Å². The van der Waals surface area contributed by atoms with Crippen molar-refractivity contribution >= 4 is 0 Å². The Bertz CT molecular complexity index is 838. The third kappa shape index (κ3) is 5.01. The number of rotatable bonds is 6. The zero-order chi connectivity index (χ0) is 20.6. The van der Waals surface area contributed by atoms with E-state index in [4.69, 9.17) is 4.98 Å². The Kier molecular flexibility index (Phi) is 5.70. The molecule has 0 radical (unpaired) electrons. The zero-order valence-corrected chi connectivity index (χ0v) is 17.1. The Labute approximate surface area is 168 Å². The summed E-state index contributed by atoms with van der Waals surface area (Å²) in [5.74, 6) is 2.37. The smallest absolute Gasteiger partial charge is 0.345 e. The minimum absolute atomic E-state index is 0.300. The van der Waals surface area contributed by atoms with Gasteiger partial charge >= 0.3 is 6.18 Å². The molecule has 2 aromatic heterocycles. The third-order valence-corrected chi connectivity index (χ3v) is 5.73. The van der Waals surface area contributed by atoms with Crippen LogP contribution in [0.5, 0.6) is 0 Å². The first-order valence-corrected chi connectivity index (χ1v) is 10.4. The second-order valence-corrected chi connectivity index (χ2v) is 8.52. The zero-order valence-electron chi connectivity index (χ0n) is 17.1. The molecule has 0 amide bonds. The topological polar surface area (TPSA) is 63.8 Å². The molecular weight excluding hydrogens is 381 g/mol. The van der Waals surface area contributed by atoms with Crippen molar-refractivity contribution in [3.63, 3.8) is 0 Å². The predicted octanol–water partition coefficient (Wildman–Crippen LogP) is 3.17. The van der Waals surface area contributed by atoms with E-state index in [9.17, 15) is 13.2 Å². The summed E-state index contributed by atoms with van der Waals surface area (Å²) in [7, 11) is 0. The highest BCUT2D eigenvalue weighted by Gasteiger charge is 2.33. The van der Waals surface area contributed by atoms with E-state index in [-0.39, 0.29) is 0 Å². The van der Waals surface area contributed by atoms with Crippen molar-refractivity contribution in [2.45, 2.75) is 64.7 Å². The Morgan fingerprint density at radius 2 is 1.62 bits per heavy atom. The number of halogens is 3. The van der Waals surface area contributed by atoms with Crippen LogP contribution in [0.4, 0.5) is 13.2 Å². The number of hydrogen-bond acceptors (Lipinski definition) is 4. The summed E-state index contributed by atoms with van der Waals surface area (Å²) in [6.45, 7) is 7.03. The van der Waals surface area contributed by atoms with Gasteiger partial charge in [-0.05, 0) is 13.0 Å². The van der Waals surface area contributed by atoms with Crippen LogP contribution < -0.4 is 0 Å². The molecule has 0 aliphatic carbocycles. The first-order valence-electron chi connectivity index (χ1n) is 10.4. The average molecular weight is 410 g/mol. The molecule has 0 fully saturated rings. The summed E-state index contributed by atoms with van der Waals surface area (Å²) >= 11 is 0. The lowest BCUT2D eigenvalue weighted by Gasteiger charge is -2.26. The van der Waals surface area contributed by atoms with E-state index in [0.29, 0.717) is 25.4 Å². The highest BCUT2D eigenvalue weighted by Crippen LogP contribution is 2.23. The molecule has 2 aromatic rings. The molecule has 160 valence electrons. The second-order valence-electron chi connectivity index (χ2n) is 8.52. The Balaban J connectivity index is 1.27. The highest BCUT2D eigenvalue weighted by molar-refractivity contribution is 5.20. The number of imidazole rings is 2. The van der Waals surface area contributed by atoms with E-state index < -0.39 is 12.7 Å². The number of nitrogens with one attached hydrogen (secondary N) is 2. The van der Waals surface area contributed by atoms with Crippen LogP contribution in [-0.2, 0) is 32.4 Å². The van der Waals surface area contributed by atoms with Gasteiger partial charge in [-0.2, -0.15) is 13.2 Å². The minimum Gasteiger partial charge on any atom is -0.345 e. The molecule has 0 bridgehead atoms. The van der Waals surface area contributed by atoms with Crippen LogP contribution >= 0.6 is 0 Å². The van der Waals surface area contributed by atoms with Gasteiger partial charge in [0, 0.05) is 51.4 Å². The number of aromatic nitrogens is 4. The highest BCUT2D eigenvalue weighted by atomic mass is 19.4. The van der Waals surface area contributed by atoms with E-state index in [1.807, 2.05) is 0 Å². The lowest BCUT2D eigenvalue weighted by Crippen LogP contribution is -2.38. The fourth-order valence-electron chi connectivity index (χ4n) is 4.22. The quantitative estimate of drug-likeness (QED) is 0.768. The summed E-state index contributed by atoms with van der Waals surface area (Å²) in [5.41, 5.74) is 4.21. The summed E-state index contributed by atoms with van der Waals surface area (Å²) in [5, 5.41) is 0. The predicted molar refractivity (Wildman–Crippen MR) is 104 cm³/mol. The molecule has 0 aromatic carbocycles. The third-order valence-electron chi connectivity index (χ3n) is 5.73. The fraction of sp³-hybridized carbons (Fsp3) is 0.700. The molecule has 0 atom stereocenters. The average Bonchev–Trinajstić information content (AvgIpc) is 3.23. The van der Waals surface area contributed by atoms with Crippen LogP contribution in [-0.4, -0.2) is 62.1 Å². The van der Waals surface area contributed by atoms with Gasteiger partial charge in [0.05, 0.1) is 29.3 Å². The molecule has 4 heterocycles. The number of hydrogen-bond donors (Lipinski definition) is 2. The lowest BCUT2D eigenvalue weighted by molar-refractivity contribution is -0.147. The normalized spacial score (nSPS) is 18.3. The minimum atomic E-state index is -4.15. The van der Waals surface area contributed by atoms with Crippen molar-refractivity contribution in [1.29, 1.82) is 0 Å². The summed E-state index contributed by atoms with van der Waals surface area (Å²) in [4.78, 5) is 19.9. The van der Waals surface area contributed by atoms with Gasteiger partial charge in [0.25, 0.3) is 0 Å². The van der Waals surface area contributed by atoms with E-state index in [0.717, 1.165) is 61.9 Å². The molecular formula is C20H29F3N6. The number of H-pyrrole nitrogens is 2. The van der Waals surface area contributed by atoms with Crippen molar-refractivity contribution in [3.8, 4) is 0 Å². The Morgan fingerprint density at radius 1 is 0.966 bits per heavy atom. The first kappa shape index (κ1) is 20.4. The Hall–Kier alpha value is -1.87. The van der Waals surface area contributed by atoms with E-state index >= 15 is 0 Å². The van der Waals surface area contributed by atoms with Crippen LogP contribution in [0.15, 0.2) is 0 Å². The molecule has 2 N–H and O–H groups in total. The first-order chi connectivity index (χ1) is 13.8. The maximum absolute atomic E-state index is 12.6. The van der Waals surface area contributed by atoms with Gasteiger partial charge in [-0.1, -0.05) is 13.8 Å². The molecule has 6 nitrogen and oxygen atoms in total. The van der Waals surface area contributed by atoms with E-state index in [1.165, 1.54) is 16.3 Å². The molecule has 2 aliphatic rings. The molecule has 0 saturated carbocycles. The van der Waals surface area contributed by atoms with Crippen LogP contribution in [0.3, 0.4) is 0 Å². The van der Waals surface area contributed by atoms with Gasteiger partial charge in [-0.25, -0.2) is 9.97 Å². The summed E-state index contributed by atoms with van der Waals surface area (Å²) < 4.78 is 37.9. The van der Waals surface area contributed by atoms with Crippen LogP contribution in [0.2, 0.25) is 0 Å².